The second-order valence-corrected chi connectivity index (χ2v) is 8.60. The maximum absolute atomic E-state index is 5.31. The van der Waals surface area contributed by atoms with Crippen LogP contribution < -0.4 is 4.74 Å². The number of nitrogens with zero attached hydrogens (tertiary/aromatic N) is 2. The lowest BCUT2D eigenvalue weighted by Gasteiger charge is -2.44. The summed E-state index contributed by atoms with van der Waals surface area (Å²) < 4.78 is 7.94. The number of piperidine rings is 1. The van der Waals surface area contributed by atoms with E-state index in [0.29, 0.717) is 12.1 Å². The molecule has 1 aromatic heterocycles. The molecule has 28 heavy (non-hydrogen) atoms. The van der Waals surface area contributed by atoms with Crippen molar-refractivity contribution in [3.05, 3.63) is 64.8 Å². The summed E-state index contributed by atoms with van der Waals surface area (Å²) in [6.45, 7) is 3.27. The van der Waals surface area contributed by atoms with Crippen LogP contribution in [-0.2, 0) is 19.4 Å². The maximum atomic E-state index is 5.31. The first kappa shape index (κ1) is 17.8. The van der Waals surface area contributed by atoms with Crippen LogP contribution in [0.5, 0.6) is 5.75 Å². The molecule has 0 spiro atoms. The van der Waals surface area contributed by atoms with E-state index in [4.69, 9.17) is 4.74 Å². The molecule has 2 unspecified atom stereocenters. The van der Waals surface area contributed by atoms with Crippen molar-refractivity contribution in [2.75, 3.05) is 14.2 Å². The third-order valence-electron chi connectivity index (χ3n) is 7.00. The number of likely N-dealkylation sites (N-methyl/N-ethyl adjacent to an activating group) is 1. The van der Waals surface area contributed by atoms with Gasteiger partial charge in [-0.2, -0.15) is 0 Å². The lowest BCUT2D eigenvalue weighted by atomic mass is 9.82. The number of aryl methyl sites for hydroxylation is 3. The van der Waals surface area contributed by atoms with Crippen molar-refractivity contribution in [2.45, 2.75) is 57.7 Å². The van der Waals surface area contributed by atoms with Gasteiger partial charge in [0.2, 0.25) is 0 Å². The van der Waals surface area contributed by atoms with Crippen molar-refractivity contribution < 1.29 is 4.74 Å². The van der Waals surface area contributed by atoms with Gasteiger partial charge in [0.25, 0.3) is 0 Å². The fourth-order valence-corrected chi connectivity index (χ4v) is 5.45. The molecule has 0 saturated carbocycles. The van der Waals surface area contributed by atoms with E-state index in [2.05, 4.69) is 65.9 Å². The highest BCUT2D eigenvalue weighted by Crippen LogP contribution is 2.45. The predicted octanol–water partition coefficient (Wildman–Crippen LogP) is 5.28. The second-order valence-electron chi connectivity index (χ2n) is 8.60. The summed E-state index contributed by atoms with van der Waals surface area (Å²) >= 11 is 0. The Bertz CT molecular complexity index is 1000. The molecule has 146 valence electrons. The average Bonchev–Trinajstić information content (AvgIpc) is 2.99. The van der Waals surface area contributed by atoms with Gasteiger partial charge in [0.1, 0.15) is 5.75 Å². The van der Waals surface area contributed by atoms with Crippen molar-refractivity contribution in [2.24, 2.45) is 0 Å². The van der Waals surface area contributed by atoms with Crippen LogP contribution in [0.25, 0.3) is 10.9 Å². The molecule has 0 aliphatic carbocycles. The fourth-order valence-electron chi connectivity index (χ4n) is 5.45. The van der Waals surface area contributed by atoms with Gasteiger partial charge in [0.05, 0.1) is 7.11 Å². The van der Waals surface area contributed by atoms with Crippen molar-refractivity contribution in [3.8, 4) is 5.75 Å². The summed E-state index contributed by atoms with van der Waals surface area (Å²) in [7, 11) is 4.07. The van der Waals surface area contributed by atoms with Crippen LogP contribution in [0.1, 0.15) is 47.7 Å². The number of methoxy groups -OCH3 is 1. The SMILES string of the molecule is COc1ccc(CCn2c3c(c4cc(C)ccc42)C2CCCC(C3)N2C)cc1. The van der Waals surface area contributed by atoms with E-state index in [1.807, 2.05) is 0 Å². The molecule has 0 amide bonds. The topological polar surface area (TPSA) is 17.4 Å². The number of aromatic nitrogens is 1. The number of hydrogen-bond acceptors (Lipinski definition) is 2. The van der Waals surface area contributed by atoms with Crippen LogP contribution in [0, 0.1) is 6.92 Å². The average molecular weight is 375 g/mol. The standard InChI is InChI=1S/C25H30N2O/c1-17-7-12-22-21(15-17)25-23-6-4-5-19(26(23)2)16-24(25)27(22)14-13-18-8-10-20(28-3)11-9-18/h7-12,15,19,23H,4-6,13-14,16H2,1-3H3. The zero-order valence-electron chi connectivity index (χ0n) is 17.2. The summed E-state index contributed by atoms with van der Waals surface area (Å²) in [6, 6.07) is 16.9. The summed E-state index contributed by atoms with van der Waals surface area (Å²) in [4.78, 5) is 2.65. The number of rotatable bonds is 4. The van der Waals surface area contributed by atoms with Crippen LogP contribution in [0.4, 0.5) is 0 Å². The minimum absolute atomic E-state index is 0.592. The lowest BCUT2D eigenvalue weighted by Crippen LogP contribution is -2.44. The maximum Gasteiger partial charge on any atom is 0.118 e. The Hall–Kier alpha value is -2.26. The van der Waals surface area contributed by atoms with E-state index in [9.17, 15) is 0 Å². The molecule has 5 rings (SSSR count). The Labute approximate surface area is 167 Å². The van der Waals surface area contributed by atoms with Crippen molar-refractivity contribution in [1.29, 1.82) is 0 Å². The van der Waals surface area contributed by atoms with E-state index < -0.39 is 0 Å². The van der Waals surface area contributed by atoms with Crippen LogP contribution in [0.2, 0.25) is 0 Å². The highest BCUT2D eigenvalue weighted by atomic mass is 16.5. The molecule has 2 atom stereocenters. The summed E-state index contributed by atoms with van der Waals surface area (Å²) in [5.41, 5.74) is 7.37. The molecule has 2 aromatic carbocycles. The van der Waals surface area contributed by atoms with Crippen molar-refractivity contribution >= 4 is 10.9 Å². The highest BCUT2D eigenvalue weighted by molar-refractivity contribution is 5.87. The molecule has 0 N–H and O–H groups in total. The lowest BCUT2D eigenvalue weighted by molar-refractivity contribution is 0.0988. The largest absolute Gasteiger partial charge is 0.497 e. The Morgan fingerprint density at radius 3 is 2.68 bits per heavy atom. The Kier molecular flexibility index (Phi) is 4.43. The van der Waals surface area contributed by atoms with Gasteiger partial charge in [-0.3, -0.25) is 4.90 Å². The minimum atomic E-state index is 0.592. The van der Waals surface area contributed by atoms with Gasteiger partial charge in [0, 0.05) is 41.6 Å². The van der Waals surface area contributed by atoms with Crippen LogP contribution in [0.15, 0.2) is 42.5 Å². The molecule has 1 saturated heterocycles. The van der Waals surface area contributed by atoms with Crippen molar-refractivity contribution in [1.82, 2.24) is 9.47 Å². The molecule has 3 heterocycles. The highest BCUT2D eigenvalue weighted by Gasteiger charge is 2.38. The third-order valence-corrected chi connectivity index (χ3v) is 7.00. The molecule has 2 bridgehead atoms. The van der Waals surface area contributed by atoms with Crippen LogP contribution >= 0.6 is 0 Å². The zero-order chi connectivity index (χ0) is 19.3. The number of ether oxygens (including phenoxy) is 1. The number of fused-ring (bicyclic) bond motifs is 6. The Balaban J connectivity index is 1.56. The first-order valence-corrected chi connectivity index (χ1v) is 10.6. The number of benzene rings is 2. The van der Waals surface area contributed by atoms with Gasteiger partial charge in [0.15, 0.2) is 0 Å². The van der Waals surface area contributed by atoms with E-state index in [1.54, 1.807) is 18.4 Å². The van der Waals surface area contributed by atoms with Crippen molar-refractivity contribution in [3.63, 3.8) is 0 Å². The number of hydrogen-bond donors (Lipinski definition) is 0. The fraction of sp³-hybridized carbons (Fsp3) is 0.440. The Morgan fingerprint density at radius 1 is 1.07 bits per heavy atom. The first-order valence-electron chi connectivity index (χ1n) is 10.6. The monoisotopic (exact) mass is 374 g/mol. The van der Waals surface area contributed by atoms with Gasteiger partial charge >= 0.3 is 0 Å². The van der Waals surface area contributed by atoms with E-state index in [0.717, 1.165) is 18.7 Å². The van der Waals surface area contributed by atoms with E-state index in [1.165, 1.54) is 47.7 Å². The smallest absolute Gasteiger partial charge is 0.118 e. The zero-order valence-corrected chi connectivity index (χ0v) is 17.2. The minimum Gasteiger partial charge on any atom is -0.497 e. The Morgan fingerprint density at radius 2 is 1.89 bits per heavy atom. The molecule has 3 nitrogen and oxygen atoms in total. The van der Waals surface area contributed by atoms with Gasteiger partial charge in [-0.15, -0.1) is 0 Å². The van der Waals surface area contributed by atoms with Gasteiger partial charge in [-0.1, -0.05) is 23.8 Å². The molecular weight excluding hydrogens is 344 g/mol. The molecule has 1 fully saturated rings. The third kappa shape index (κ3) is 2.84. The summed E-state index contributed by atoms with van der Waals surface area (Å²) in [6.07, 6.45) is 6.25. The molecule has 3 heteroatoms. The summed E-state index contributed by atoms with van der Waals surface area (Å²) in [5, 5.41) is 1.49. The second kappa shape index (κ2) is 6.97. The van der Waals surface area contributed by atoms with Gasteiger partial charge < -0.3 is 9.30 Å². The van der Waals surface area contributed by atoms with Crippen LogP contribution in [-0.4, -0.2) is 29.7 Å². The predicted molar refractivity (Wildman–Crippen MR) is 115 cm³/mol. The van der Waals surface area contributed by atoms with Gasteiger partial charge in [-0.05, 0) is 75.0 Å². The summed E-state index contributed by atoms with van der Waals surface area (Å²) in [5.74, 6) is 0.930. The van der Waals surface area contributed by atoms with Gasteiger partial charge in [-0.25, -0.2) is 0 Å². The van der Waals surface area contributed by atoms with Crippen LogP contribution in [0.3, 0.4) is 0 Å². The van der Waals surface area contributed by atoms with E-state index in [-0.39, 0.29) is 0 Å². The normalized spacial score (nSPS) is 21.7. The first-order chi connectivity index (χ1) is 13.7. The molecule has 3 aromatic rings. The molecule has 2 aliphatic heterocycles. The quantitative estimate of drug-likeness (QED) is 0.618. The molecule has 2 aliphatic rings. The molecular formula is C25H30N2O. The van der Waals surface area contributed by atoms with E-state index >= 15 is 0 Å². The molecule has 0 radical (unpaired) electrons.